The molecule has 2 rings (SSSR count). The van der Waals surface area contributed by atoms with Crippen LogP contribution in [0, 0.1) is 0 Å². The molecule has 0 aliphatic carbocycles. The van der Waals surface area contributed by atoms with E-state index in [4.69, 9.17) is 20.2 Å². The normalized spacial score (nSPS) is 11.8. The third-order valence-electron chi connectivity index (χ3n) is 3.91. The third kappa shape index (κ3) is 17.6. The molecule has 0 aliphatic rings. The van der Waals surface area contributed by atoms with Crippen molar-refractivity contribution in [2.45, 2.75) is 53.3 Å². The Balaban J connectivity index is -0.000000627. The van der Waals surface area contributed by atoms with Crippen LogP contribution < -0.4 is 11.1 Å². The lowest BCUT2D eigenvalue weighted by atomic mass is 10.1. The molecule has 0 radical (unpaired) electrons. The monoisotopic (exact) mass is 545 g/mol. The number of carbonyl (C=O) groups is 1. The maximum absolute atomic E-state index is 11.8. The molecule has 3 N–H and O–H groups in total. The van der Waals surface area contributed by atoms with Gasteiger partial charge in [0, 0.05) is 17.5 Å². The second-order valence-electron chi connectivity index (χ2n) is 8.03. The van der Waals surface area contributed by atoms with Crippen LogP contribution in [0.15, 0.2) is 65.8 Å². The summed E-state index contributed by atoms with van der Waals surface area (Å²) >= 11 is 0. The Morgan fingerprint density at radius 3 is 1.94 bits per heavy atom. The lowest BCUT2D eigenvalue weighted by Crippen LogP contribution is -2.37. The van der Waals surface area contributed by atoms with Crippen molar-refractivity contribution in [1.82, 2.24) is 5.32 Å². The van der Waals surface area contributed by atoms with E-state index < -0.39 is 27.9 Å². The van der Waals surface area contributed by atoms with Crippen molar-refractivity contribution < 1.29 is 22.1 Å². The quantitative estimate of drug-likeness (QED) is 0.181. The number of carbonyl (C=O) groups excluding carboxylic acids is 1. The number of hydrogen-bond acceptors (Lipinski definition) is 7. The number of nitrogens with zero attached hydrogens (tertiary/aromatic N) is 3. The largest absolute Gasteiger partial charge is 0.444 e. The maximum Gasteiger partial charge on any atom is 0.408 e. The lowest BCUT2D eigenvalue weighted by Gasteiger charge is -2.23. The smallest absolute Gasteiger partial charge is 0.408 e. The first-order valence-corrected chi connectivity index (χ1v) is 11.9. The van der Waals surface area contributed by atoms with E-state index in [1.54, 1.807) is 45.0 Å². The van der Waals surface area contributed by atoms with E-state index in [0.717, 1.165) is 17.4 Å². The minimum absolute atomic E-state index is 0. The van der Waals surface area contributed by atoms with E-state index in [0.29, 0.717) is 6.54 Å². The molecular weight excluding hydrogens is 506 g/mol. The van der Waals surface area contributed by atoms with Gasteiger partial charge in [-0.2, -0.15) is 8.42 Å². The minimum Gasteiger partial charge on any atom is -0.444 e. The van der Waals surface area contributed by atoms with Crippen LogP contribution in [0.3, 0.4) is 0 Å². The number of rotatable bonds is 8. The molecule has 0 saturated heterocycles. The fraction of sp³-hybridized carbons (Fsp3) is 0.458. The maximum atomic E-state index is 11.8. The second kappa shape index (κ2) is 18.4. The molecule has 0 fully saturated rings. The number of ether oxygens (including phenoxy) is 1. The molecule has 0 spiro atoms. The van der Waals surface area contributed by atoms with E-state index in [1.807, 2.05) is 36.4 Å². The topological polar surface area (TPSA) is 156 Å². The van der Waals surface area contributed by atoms with Gasteiger partial charge in [0.25, 0.3) is 10.1 Å². The van der Waals surface area contributed by atoms with Gasteiger partial charge in [-0.3, -0.25) is 4.18 Å². The second-order valence-corrected chi connectivity index (χ2v) is 9.67. The summed E-state index contributed by atoms with van der Waals surface area (Å²) in [6.45, 7) is 5.36. The Bertz CT molecular complexity index is 1010. The highest BCUT2D eigenvalue weighted by atomic mass is 35.5. The van der Waals surface area contributed by atoms with Crippen LogP contribution in [0.25, 0.3) is 10.4 Å². The van der Waals surface area contributed by atoms with Crippen molar-refractivity contribution in [3.8, 4) is 0 Å². The standard InChI is InChI=1S/C14H21NO5S.C8H10N4.2CH4.ClH/c1-14(2,3)20-13(16)15-12(10-19-21(4,17)18)11-8-6-5-7-9-11;9-8(6-11-12-10)7-4-2-1-3-5-7;;;/h5-9,12H,10H2,1-4H3,(H,15,16);1-5,8H,6,9H2;2*1H4;1H/t12-;8-;;;/m11.../s1. The van der Waals surface area contributed by atoms with Gasteiger partial charge in [-0.25, -0.2) is 4.79 Å². The molecule has 0 heterocycles. The van der Waals surface area contributed by atoms with Gasteiger partial charge >= 0.3 is 6.09 Å². The Hall–Kier alpha value is -2.82. The Kier molecular flexibility index (Phi) is 19.3. The first kappa shape index (κ1) is 37.7. The van der Waals surface area contributed by atoms with Crippen LogP contribution in [0.2, 0.25) is 0 Å². The first-order valence-electron chi connectivity index (χ1n) is 10.1. The van der Waals surface area contributed by atoms with Crippen molar-refractivity contribution in [3.63, 3.8) is 0 Å². The molecule has 204 valence electrons. The van der Waals surface area contributed by atoms with Gasteiger partial charge in [-0.15, -0.1) is 12.4 Å². The predicted molar refractivity (Wildman–Crippen MR) is 147 cm³/mol. The van der Waals surface area contributed by atoms with Gasteiger partial charge < -0.3 is 15.8 Å². The number of nitrogens with two attached hydrogens (primary N) is 1. The van der Waals surface area contributed by atoms with Gasteiger partial charge in [0.1, 0.15) is 5.60 Å². The molecule has 12 heteroatoms. The van der Waals surface area contributed by atoms with Gasteiger partial charge in [0.05, 0.1) is 18.9 Å². The molecule has 0 saturated carbocycles. The number of nitrogens with one attached hydrogen (secondary N) is 1. The summed E-state index contributed by atoms with van der Waals surface area (Å²) in [6, 6.07) is 17.7. The van der Waals surface area contributed by atoms with E-state index in [2.05, 4.69) is 15.3 Å². The molecule has 36 heavy (non-hydrogen) atoms. The number of amides is 1. The van der Waals surface area contributed by atoms with Crippen molar-refractivity contribution in [3.05, 3.63) is 82.2 Å². The molecule has 10 nitrogen and oxygen atoms in total. The van der Waals surface area contributed by atoms with Crippen LogP contribution in [0.5, 0.6) is 0 Å². The van der Waals surface area contributed by atoms with Crippen LogP contribution in [0.4, 0.5) is 4.79 Å². The Labute approximate surface area is 221 Å². The number of azide groups is 1. The zero-order chi connectivity index (χ0) is 24.9. The summed E-state index contributed by atoms with van der Waals surface area (Å²) in [5.74, 6) is 0. The molecule has 1 amide bonds. The molecule has 2 aromatic rings. The molecule has 2 atom stereocenters. The van der Waals surface area contributed by atoms with Crippen LogP contribution in [0.1, 0.15) is 58.8 Å². The summed E-state index contributed by atoms with van der Waals surface area (Å²) < 4.78 is 32.2. The zero-order valence-corrected chi connectivity index (χ0v) is 21.3. The number of alkyl carbamates (subject to hydrolysis) is 1. The van der Waals surface area contributed by atoms with E-state index >= 15 is 0 Å². The number of benzene rings is 2. The fourth-order valence-corrected chi connectivity index (χ4v) is 2.86. The molecule has 2 aromatic carbocycles. The predicted octanol–water partition coefficient (Wildman–Crippen LogP) is 5.92. The third-order valence-corrected chi connectivity index (χ3v) is 4.48. The van der Waals surface area contributed by atoms with Crippen LogP contribution >= 0.6 is 12.4 Å². The van der Waals surface area contributed by atoms with E-state index in [1.165, 1.54) is 0 Å². The minimum atomic E-state index is -3.59. The van der Waals surface area contributed by atoms with E-state index in [-0.39, 0.29) is 39.9 Å². The SMILES string of the molecule is C.C.CC(C)(C)OC(=O)N[C@H](COS(C)(=O)=O)c1ccccc1.Cl.[N-]=[N+]=NC[C@@H](N)c1ccccc1. The highest BCUT2D eigenvalue weighted by Crippen LogP contribution is 2.16. The first-order chi connectivity index (χ1) is 15.4. The number of halogens is 1. The Morgan fingerprint density at radius 1 is 1.06 bits per heavy atom. The molecule has 0 unspecified atom stereocenters. The van der Waals surface area contributed by atoms with Crippen LogP contribution in [-0.2, 0) is 19.0 Å². The lowest BCUT2D eigenvalue weighted by molar-refractivity contribution is 0.0487. The summed E-state index contributed by atoms with van der Waals surface area (Å²) in [4.78, 5) is 14.5. The average Bonchev–Trinajstić information content (AvgIpc) is 2.74. The zero-order valence-electron chi connectivity index (χ0n) is 19.6. The molecule has 0 aliphatic heterocycles. The molecular formula is C24H40ClN5O5S. The highest BCUT2D eigenvalue weighted by molar-refractivity contribution is 7.85. The highest BCUT2D eigenvalue weighted by Gasteiger charge is 2.21. The van der Waals surface area contributed by atoms with E-state index in [9.17, 15) is 13.2 Å². The van der Waals surface area contributed by atoms with Crippen molar-refractivity contribution in [2.24, 2.45) is 10.8 Å². The van der Waals surface area contributed by atoms with Crippen LogP contribution in [-0.4, -0.2) is 39.5 Å². The van der Waals surface area contributed by atoms with Gasteiger partial charge in [-0.1, -0.05) is 80.6 Å². The van der Waals surface area contributed by atoms with Crippen molar-refractivity contribution in [2.75, 3.05) is 19.4 Å². The van der Waals surface area contributed by atoms with Crippen molar-refractivity contribution in [1.29, 1.82) is 0 Å². The number of hydrogen-bond donors (Lipinski definition) is 2. The Morgan fingerprint density at radius 2 is 1.53 bits per heavy atom. The molecule has 0 bridgehead atoms. The summed E-state index contributed by atoms with van der Waals surface area (Å²) in [5.41, 5.74) is 14.9. The van der Waals surface area contributed by atoms with Gasteiger partial charge in [0.15, 0.2) is 0 Å². The summed E-state index contributed by atoms with van der Waals surface area (Å²) in [7, 11) is -3.59. The fourth-order valence-electron chi connectivity index (χ4n) is 2.48. The van der Waals surface area contributed by atoms with Crippen molar-refractivity contribution >= 4 is 28.6 Å². The van der Waals surface area contributed by atoms with Gasteiger partial charge in [0.2, 0.25) is 0 Å². The summed E-state index contributed by atoms with van der Waals surface area (Å²) in [5, 5.41) is 6.02. The molecule has 0 aromatic heterocycles. The summed E-state index contributed by atoms with van der Waals surface area (Å²) in [6.07, 6.45) is 0.330. The van der Waals surface area contributed by atoms with Gasteiger partial charge in [-0.05, 0) is 37.4 Å². The average molecular weight is 546 g/mol.